The molecule has 0 N–H and O–H groups in total. The molecule has 0 fully saturated rings. The van der Waals surface area contributed by atoms with E-state index in [1.54, 1.807) is 0 Å². The van der Waals surface area contributed by atoms with Crippen molar-refractivity contribution < 1.29 is 0 Å². The maximum Gasteiger partial charge on any atom is 0.133 e. The summed E-state index contributed by atoms with van der Waals surface area (Å²) in [5.74, 6) is 1.51. The zero-order chi connectivity index (χ0) is 14.1. The highest BCUT2D eigenvalue weighted by molar-refractivity contribution is 6.17. The van der Waals surface area contributed by atoms with Crippen molar-refractivity contribution in [2.45, 2.75) is 12.8 Å². The third-order valence-electron chi connectivity index (χ3n) is 3.67. The van der Waals surface area contributed by atoms with Gasteiger partial charge in [-0.05, 0) is 36.8 Å². The first kappa shape index (κ1) is 13.3. The van der Waals surface area contributed by atoms with Gasteiger partial charge >= 0.3 is 0 Å². The van der Waals surface area contributed by atoms with Crippen LogP contribution in [-0.4, -0.2) is 25.1 Å². The molecule has 2 aromatic rings. The molecule has 0 aliphatic carbocycles. The Bertz CT molecular complexity index is 627. The third-order valence-corrected chi connectivity index (χ3v) is 3.98. The first-order valence-corrected chi connectivity index (χ1v) is 7.34. The molecule has 0 atom stereocenters. The van der Waals surface area contributed by atoms with Gasteiger partial charge in [0.15, 0.2) is 0 Å². The van der Waals surface area contributed by atoms with E-state index in [4.69, 9.17) is 11.6 Å². The second-order valence-electron chi connectivity index (χ2n) is 5.17. The van der Waals surface area contributed by atoms with Crippen LogP contribution in [0.3, 0.4) is 0 Å². The van der Waals surface area contributed by atoms with Gasteiger partial charge in [-0.25, -0.2) is 4.98 Å². The van der Waals surface area contributed by atoms with Gasteiger partial charge in [-0.15, -0.1) is 11.6 Å². The summed E-state index contributed by atoms with van der Waals surface area (Å²) in [6, 6.07) is 12.6. The van der Waals surface area contributed by atoms with E-state index in [-0.39, 0.29) is 0 Å². The van der Waals surface area contributed by atoms with Gasteiger partial charge in [0.25, 0.3) is 0 Å². The first-order chi connectivity index (χ1) is 9.69. The number of aromatic nitrogens is 1. The molecule has 104 valence electrons. The molecule has 0 amide bonds. The van der Waals surface area contributed by atoms with E-state index in [9.17, 15) is 0 Å². The number of nitrogens with zero attached hydrogens (tertiary/aromatic N) is 3. The molecule has 0 saturated carbocycles. The highest BCUT2D eigenvalue weighted by atomic mass is 35.5. The average Bonchev–Trinajstić information content (AvgIpc) is 2.47. The van der Waals surface area contributed by atoms with Crippen LogP contribution in [0.2, 0.25) is 0 Å². The van der Waals surface area contributed by atoms with Crippen LogP contribution < -0.4 is 9.80 Å². The standard InChI is InChI=1S/C16H18ClN3/c1-12-9-13(11-17)10-16(18-12)20-8-7-19(2)14-5-3-4-6-15(14)20/h3-6,9-10H,7-8,11H2,1-2H3. The van der Waals surface area contributed by atoms with E-state index < -0.39 is 0 Å². The highest BCUT2D eigenvalue weighted by Gasteiger charge is 2.22. The smallest absolute Gasteiger partial charge is 0.133 e. The summed E-state index contributed by atoms with van der Waals surface area (Å²) in [7, 11) is 2.13. The fourth-order valence-corrected chi connectivity index (χ4v) is 2.83. The molecule has 0 spiro atoms. The summed E-state index contributed by atoms with van der Waals surface area (Å²) < 4.78 is 0. The third kappa shape index (κ3) is 2.34. The molecule has 3 nitrogen and oxygen atoms in total. The summed E-state index contributed by atoms with van der Waals surface area (Å²) in [6.45, 7) is 3.94. The van der Waals surface area contributed by atoms with Gasteiger partial charge in [0.1, 0.15) is 5.82 Å². The van der Waals surface area contributed by atoms with Crippen molar-refractivity contribution in [3.8, 4) is 0 Å². The normalized spacial score (nSPS) is 14.3. The summed E-state index contributed by atoms with van der Waals surface area (Å²) in [5.41, 5.74) is 4.58. The van der Waals surface area contributed by atoms with Crippen molar-refractivity contribution in [1.82, 2.24) is 4.98 Å². The second-order valence-corrected chi connectivity index (χ2v) is 5.44. The summed E-state index contributed by atoms with van der Waals surface area (Å²) in [5, 5.41) is 0. The number of benzene rings is 1. The molecule has 0 unspecified atom stereocenters. The van der Waals surface area contributed by atoms with Crippen molar-refractivity contribution in [3.05, 3.63) is 47.7 Å². The largest absolute Gasteiger partial charge is 0.371 e. The number of halogens is 1. The number of alkyl halides is 1. The van der Waals surface area contributed by atoms with E-state index in [0.717, 1.165) is 30.2 Å². The predicted octanol–water partition coefficient (Wildman–Crippen LogP) is 3.72. The molecule has 4 heteroatoms. The maximum atomic E-state index is 5.98. The Hall–Kier alpha value is -1.74. The number of fused-ring (bicyclic) bond motifs is 1. The zero-order valence-electron chi connectivity index (χ0n) is 11.8. The maximum absolute atomic E-state index is 5.98. The van der Waals surface area contributed by atoms with E-state index in [1.807, 2.05) is 13.0 Å². The lowest BCUT2D eigenvalue weighted by Crippen LogP contribution is -2.36. The molecule has 1 aliphatic heterocycles. The van der Waals surface area contributed by atoms with Crippen LogP contribution in [-0.2, 0) is 5.88 Å². The minimum absolute atomic E-state index is 0.520. The Labute approximate surface area is 124 Å². The van der Waals surface area contributed by atoms with Gasteiger partial charge in [-0.3, -0.25) is 0 Å². The lowest BCUT2D eigenvalue weighted by molar-refractivity contribution is 0.811. The lowest BCUT2D eigenvalue weighted by Gasteiger charge is -2.36. The lowest BCUT2D eigenvalue weighted by atomic mass is 10.1. The molecule has 0 saturated heterocycles. The molecule has 1 aromatic heterocycles. The van der Waals surface area contributed by atoms with Gasteiger partial charge < -0.3 is 9.80 Å². The number of hydrogen-bond donors (Lipinski definition) is 0. The number of likely N-dealkylation sites (N-methyl/N-ethyl adjacent to an activating group) is 1. The van der Waals surface area contributed by atoms with Gasteiger partial charge in [0.05, 0.1) is 11.4 Å². The van der Waals surface area contributed by atoms with Crippen LogP contribution >= 0.6 is 11.6 Å². The van der Waals surface area contributed by atoms with Crippen molar-refractivity contribution in [1.29, 1.82) is 0 Å². The Morgan fingerprint density at radius 3 is 2.65 bits per heavy atom. The number of para-hydroxylation sites is 2. The van der Waals surface area contributed by atoms with Crippen LogP contribution in [0.15, 0.2) is 36.4 Å². The van der Waals surface area contributed by atoms with E-state index in [0.29, 0.717) is 5.88 Å². The van der Waals surface area contributed by atoms with E-state index >= 15 is 0 Å². The van der Waals surface area contributed by atoms with Gasteiger partial charge in [-0.1, -0.05) is 12.1 Å². The Kier molecular flexibility index (Phi) is 3.53. The number of hydrogen-bond acceptors (Lipinski definition) is 3. The topological polar surface area (TPSA) is 19.4 Å². The number of anilines is 3. The van der Waals surface area contributed by atoms with Crippen LogP contribution in [0.4, 0.5) is 17.2 Å². The molecule has 1 aliphatic rings. The Balaban J connectivity index is 2.07. The molecule has 3 rings (SSSR count). The summed E-state index contributed by atoms with van der Waals surface area (Å²) in [4.78, 5) is 9.24. The quantitative estimate of drug-likeness (QED) is 0.785. The number of pyridine rings is 1. The van der Waals surface area contributed by atoms with Crippen molar-refractivity contribution >= 4 is 28.8 Å². The molecule has 0 bridgehead atoms. The number of rotatable bonds is 2. The second kappa shape index (κ2) is 5.33. The average molecular weight is 288 g/mol. The molecule has 2 heterocycles. The molecular weight excluding hydrogens is 270 g/mol. The SMILES string of the molecule is Cc1cc(CCl)cc(N2CCN(C)c3ccccc32)n1. The molecule has 1 aromatic carbocycles. The van der Waals surface area contributed by atoms with Crippen molar-refractivity contribution in [2.75, 3.05) is 29.9 Å². The molecule has 20 heavy (non-hydrogen) atoms. The van der Waals surface area contributed by atoms with Gasteiger partial charge in [0, 0.05) is 31.7 Å². The van der Waals surface area contributed by atoms with Crippen LogP contribution in [0.1, 0.15) is 11.3 Å². The minimum atomic E-state index is 0.520. The summed E-state index contributed by atoms with van der Waals surface area (Å²) in [6.07, 6.45) is 0. The van der Waals surface area contributed by atoms with Crippen LogP contribution in [0.5, 0.6) is 0 Å². The van der Waals surface area contributed by atoms with E-state index in [1.165, 1.54) is 11.4 Å². The van der Waals surface area contributed by atoms with Crippen LogP contribution in [0.25, 0.3) is 0 Å². The number of aryl methyl sites for hydroxylation is 1. The molecular formula is C16H18ClN3. The van der Waals surface area contributed by atoms with E-state index in [2.05, 4.69) is 52.2 Å². The fourth-order valence-electron chi connectivity index (χ4n) is 2.68. The fraction of sp³-hybridized carbons (Fsp3) is 0.312. The van der Waals surface area contributed by atoms with Crippen molar-refractivity contribution in [2.24, 2.45) is 0 Å². The Morgan fingerprint density at radius 1 is 1.15 bits per heavy atom. The van der Waals surface area contributed by atoms with Crippen LogP contribution in [0, 0.1) is 6.92 Å². The minimum Gasteiger partial charge on any atom is -0.371 e. The van der Waals surface area contributed by atoms with Gasteiger partial charge in [-0.2, -0.15) is 0 Å². The molecule has 0 radical (unpaired) electrons. The van der Waals surface area contributed by atoms with Crippen molar-refractivity contribution in [3.63, 3.8) is 0 Å². The Morgan fingerprint density at radius 2 is 1.90 bits per heavy atom. The highest BCUT2D eigenvalue weighted by Crippen LogP contribution is 2.36. The predicted molar refractivity (Wildman–Crippen MR) is 85.2 cm³/mol. The summed E-state index contributed by atoms with van der Waals surface area (Å²) >= 11 is 5.98. The zero-order valence-corrected chi connectivity index (χ0v) is 12.6. The van der Waals surface area contributed by atoms with Gasteiger partial charge in [0.2, 0.25) is 0 Å². The first-order valence-electron chi connectivity index (χ1n) is 6.80. The monoisotopic (exact) mass is 287 g/mol.